The smallest absolute Gasteiger partial charge is 0.416 e. The molecule has 8 nitrogen and oxygen atoms in total. The molecular weight excluding hydrogens is 381 g/mol. The Hall–Kier alpha value is -2.34. The molecule has 144 valence electrons. The van der Waals surface area contributed by atoms with E-state index in [1.807, 2.05) is 4.72 Å². The number of ether oxygens (including phenoxy) is 1. The summed E-state index contributed by atoms with van der Waals surface area (Å²) in [4.78, 5) is 23.0. The molecule has 1 aliphatic rings. The molecule has 1 aromatic rings. The predicted octanol–water partition coefficient (Wildman–Crippen LogP) is 1.65. The van der Waals surface area contributed by atoms with E-state index in [0.29, 0.717) is 12.1 Å². The van der Waals surface area contributed by atoms with Crippen molar-refractivity contribution in [2.75, 3.05) is 16.3 Å². The van der Waals surface area contributed by atoms with Crippen LogP contribution in [0.3, 0.4) is 0 Å². The van der Waals surface area contributed by atoms with Crippen LogP contribution in [0.2, 0.25) is 0 Å². The zero-order valence-electron chi connectivity index (χ0n) is 13.3. The molecule has 1 fully saturated rings. The Balaban J connectivity index is 2.27. The number of carboxylic acid groups (broad SMARTS) is 1. The summed E-state index contributed by atoms with van der Waals surface area (Å²) in [7, 11) is -3.81. The minimum Gasteiger partial charge on any atom is -0.479 e. The lowest BCUT2D eigenvalue weighted by Gasteiger charge is -2.17. The number of halogens is 3. The van der Waals surface area contributed by atoms with Crippen molar-refractivity contribution in [3.8, 4) is 0 Å². The van der Waals surface area contributed by atoms with Gasteiger partial charge in [-0.15, -0.1) is 0 Å². The molecular formula is C14H15F3N2O6S. The minimum absolute atomic E-state index is 0.0661. The van der Waals surface area contributed by atoms with Gasteiger partial charge in [0.25, 0.3) is 5.91 Å². The van der Waals surface area contributed by atoms with Crippen molar-refractivity contribution >= 4 is 33.3 Å². The zero-order valence-corrected chi connectivity index (χ0v) is 14.1. The number of carboxylic acids is 1. The number of hydrogen-bond acceptors (Lipinski definition) is 5. The maximum atomic E-state index is 12.9. The molecule has 26 heavy (non-hydrogen) atoms. The van der Waals surface area contributed by atoms with Crippen LogP contribution in [0.5, 0.6) is 0 Å². The van der Waals surface area contributed by atoms with Crippen LogP contribution in [0.1, 0.15) is 18.4 Å². The van der Waals surface area contributed by atoms with Crippen LogP contribution in [0.25, 0.3) is 0 Å². The minimum atomic E-state index is -4.71. The molecule has 1 aliphatic heterocycles. The largest absolute Gasteiger partial charge is 0.479 e. The zero-order chi connectivity index (χ0) is 19.7. The van der Waals surface area contributed by atoms with E-state index in [2.05, 4.69) is 5.32 Å². The number of carbonyl (C=O) groups is 2. The Labute approximate surface area is 146 Å². The molecule has 0 saturated carbocycles. The molecule has 2 atom stereocenters. The molecule has 0 aromatic heterocycles. The van der Waals surface area contributed by atoms with Crippen LogP contribution >= 0.6 is 0 Å². The van der Waals surface area contributed by atoms with E-state index in [1.54, 1.807) is 0 Å². The molecule has 3 N–H and O–H groups in total. The lowest BCUT2D eigenvalue weighted by atomic mass is 10.1. The highest BCUT2D eigenvalue weighted by molar-refractivity contribution is 7.92. The van der Waals surface area contributed by atoms with Crippen molar-refractivity contribution in [2.45, 2.75) is 31.2 Å². The maximum Gasteiger partial charge on any atom is 0.416 e. The molecule has 0 aliphatic carbocycles. The van der Waals surface area contributed by atoms with Gasteiger partial charge in [0.2, 0.25) is 10.0 Å². The van der Waals surface area contributed by atoms with Gasteiger partial charge in [-0.1, -0.05) is 0 Å². The topological polar surface area (TPSA) is 122 Å². The molecule has 2 rings (SSSR count). The van der Waals surface area contributed by atoms with Crippen LogP contribution in [-0.2, 0) is 30.5 Å². The van der Waals surface area contributed by atoms with E-state index in [4.69, 9.17) is 9.84 Å². The molecule has 1 amide bonds. The van der Waals surface area contributed by atoms with Crippen molar-refractivity contribution in [3.05, 3.63) is 23.8 Å². The van der Waals surface area contributed by atoms with Crippen LogP contribution in [-0.4, -0.2) is 43.9 Å². The summed E-state index contributed by atoms with van der Waals surface area (Å²) in [6, 6.07) is 2.11. The molecule has 1 heterocycles. The van der Waals surface area contributed by atoms with Gasteiger partial charge in [0, 0.05) is 0 Å². The summed E-state index contributed by atoms with van der Waals surface area (Å²) in [5.74, 6) is -2.12. The Kier molecular flexibility index (Phi) is 5.47. The van der Waals surface area contributed by atoms with Gasteiger partial charge >= 0.3 is 12.1 Å². The fourth-order valence-corrected chi connectivity index (χ4v) is 2.92. The second-order valence-electron chi connectivity index (χ2n) is 5.65. The van der Waals surface area contributed by atoms with E-state index in [0.717, 1.165) is 12.3 Å². The number of alkyl halides is 3. The van der Waals surface area contributed by atoms with Gasteiger partial charge in [-0.2, -0.15) is 13.2 Å². The highest BCUT2D eigenvalue weighted by Crippen LogP contribution is 2.34. The number of benzene rings is 1. The molecule has 0 spiro atoms. The lowest BCUT2D eigenvalue weighted by Crippen LogP contribution is -2.30. The Morgan fingerprint density at radius 2 is 1.81 bits per heavy atom. The number of sulfonamides is 1. The number of amides is 1. The third kappa shape index (κ3) is 5.08. The first kappa shape index (κ1) is 20.0. The summed E-state index contributed by atoms with van der Waals surface area (Å²) in [6.45, 7) is 0. The van der Waals surface area contributed by atoms with E-state index in [1.165, 1.54) is 0 Å². The van der Waals surface area contributed by atoms with Crippen molar-refractivity contribution in [3.63, 3.8) is 0 Å². The van der Waals surface area contributed by atoms with Crippen LogP contribution in [0.4, 0.5) is 24.5 Å². The first-order valence-corrected chi connectivity index (χ1v) is 9.14. The van der Waals surface area contributed by atoms with E-state index < -0.39 is 51.5 Å². The van der Waals surface area contributed by atoms with Crippen molar-refractivity contribution in [1.82, 2.24) is 0 Å². The van der Waals surface area contributed by atoms with Crippen LogP contribution in [0, 0.1) is 0 Å². The second-order valence-corrected chi connectivity index (χ2v) is 7.40. The summed E-state index contributed by atoms with van der Waals surface area (Å²) >= 11 is 0. The summed E-state index contributed by atoms with van der Waals surface area (Å²) in [5.41, 5.74) is -1.78. The number of nitrogens with one attached hydrogen (secondary N) is 2. The van der Waals surface area contributed by atoms with Gasteiger partial charge in [0.05, 0.1) is 23.2 Å². The summed E-state index contributed by atoms with van der Waals surface area (Å²) in [6.07, 6.45) is -6.12. The summed E-state index contributed by atoms with van der Waals surface area (Å²) in [5, 5.41) is 11.0. The Bertz CT molecular complexity index is 824. The van der Waals surface area contributed by atoms with Crippen molar-refractivity contribution < 1.29 is 41.0 Å². The lowest BCUT2D eigenvalue weighted by molar-refractivity contribution is -0.151. The number of rotatable bonds is 5. The van der Waals surface area contributed by atoms with Crippen molar-refractivity contribution in [1.29, 1.82) is 0 Å². The molecule has 12 heteroatoms. The second kappa shape index (κ2) is 7.11. The van der Waals surface area contributed by atoms with Gasteiger partial charge in [-0.25, -0.2) is 13.2 Å². The molecule has 0 unspecified atom stereocenters. The fraction of sp³-hybridized carbons (Fsp3) is 0.429. The number of carbonyl (C=O) groups excluding carboxylic acids is 1. The average molecular weight is 396 g/mol. The monoisotopic (exact) mass is 396 g/mol. The normalized spacial score (nSPS) is 20.6. The standard InChI is InChI=1S/C14H15F3N2O6S/c1-26(23,24)19-8-3-2-7(14(15,16)17)6-9(8)18-12(20)10-4-5-11(25-10)13(21)22/h2-3,6,10-11,19H,4-5H2,1H3,(H,18,20)(H,21,22)/t10-,11+/m0/s1. The number of anilines is 2. The first-order valence-electron chi connectivity index (χ1n) is 7.25. The van der Waals surface area contributed by atoms with E-state index >= 15 is 0 Å². The fourth-order valence-electron chi connectivity index (χ4n) is 2.34. The third-order valence-corrected chi connectivity index (χ3v) is 4.08. The third-order valence-electron chi connectivity index (χ3n) is 3.49. The van der Waals surface area contributed by atoms with E-state index in [9.17, 15) is 31.2 Å². The average Bonchev–Trinajstić information content (AvgIpc) is 2.96. The maximum absolute atomic E-state index is 12.9. The van der Waals surface area contributed by atoms with Crippen molar-refractivity contribution in [2.24, 2.45) is 0 Å². The van der Waals surface area contributed by atoms with E-state index in [-0.39, 0.29) is 18.5 Å². The molecule has 0 bridgehead atoms. The van der Waals surface area contributed by atoms with Gasteiger partial charge in [0.1, 0.15) is 6.10 Å². The van der Waals surface area contributed by atoms with Crippen LogP contribution < -0.4 is 10.0 Å². The first-order chi connectivity index (χ1) is 11.9. The summed E-state index contributed by atoms with van der Waals surface area (Å²) < 4.78 is 68.4. The quantitative estimate of drug-likeness (QED) is 0.696. The number of aliphatic carboxylic acids is 1. The molecule has 1 saturated heterocycles. The van der Waals surface area contributed by atoms with Gasteiger partial charge in [-0.05, 0) is 31.0 Å². The molecule has 0 radical (unpaired) electrons. The highest BCUT2D eigenvalue weighted by atomic mass is 32.2. The predicted molar refractivity (Wildman–Crippen MR) is 84.1 cm³/mol. The molecule has 1 aromatic carbocycles. The SMILES string of the molecule is CS(=O)(=O)Nc1ccc(C(F)(F)F)cc1NC(=O)[C@@H]1CC[C@H](C(=O)O)O1. The highest BCUT2D eigenvalue weighted by Gasteiger charge is 2.36. The Morgan fingerprint density at radius 3 is 2.31 bits per heavy atom. The van der Waals surface area contributed by atoms with Crippen LogP contribution in [0.15, 0.2) is 18.2 Å². The Morgan fingerprint density at radius 1 is 1.19 bits per heavy atom. The van der Waals surface area contributed by atoms with Gasteiger partial charge in [0.15, 0.2) is 6.10 Å². The number of hydrogen-bond donors (Lipinski definition) is 3. The van der Waals surface area contributed by atoms with Gasteiger partial charge in [-0.3, -0.25) is 9.52 Å². The van der Waals surface area contributed by atoms with Gasteiger partial charge < -0.3 is 15.2 Å².